The Bertz CT molecular complexity index is 53.2. The Morgan fingerprint density at radius 3 is 1.80 bits per heavy atom. The molecule has 2 heteroatoms. The van der Waals surface area contributed by atoms with E-state index < -0.39 is 0 Å². The number of unbranched alkanes of at least 4 members (excludes halogenated alkanes) is 1. The molecule has 1 unspecified atom stereocenters. The Kier molecular flexibility index (Phi) is 12.2. The van der Waals surface area contributed by atoms with E-state index in [1.807, 2.05) is 0 Å². The van der Waals surface area contributed by atoms with Gasteiger partial charge < -0.3 is 4.90 Å². The molecule has 0 aliphatic heterocycles. The molecule has 0 aromatic carbocycles. The molecule has 0 aromatic rings. The summed E-state index contributed by atoms with van der Waals surface area (Å²) in [5.74, 6) is 0. The van der Waals surface area contributed by atoms with Crippen molar-refractivity contribution in [2.45, 2.75) is 33.6 Å². The smallest absolute Gasteiger partial charge is 0.00191 e. The van der Waals surface area contributed by atoms with E-state index in [9.17, 15) is 0 Å². The predicted molar refractivity (Wildman–Crippen MR) is 53.8 cm³/mol. The van der Waals surface area contributed by atoms with Crippen molar-refractivity contribution in [2.24, 2.45) is 0 Å². The molecule has 0 spiro atoms. The van der Waals surface area contributed by atoms with E-state index in [1.54, 1.807) is 0 Å². The SMILES string of the molecule is CCCCN(CC)CC.P. The largest absolute Gasteiger partial charge is 0.304 e. The van der Waals surface area contributed by atoms with Crippen molar-refractivity contribution in [3.8, 4) is 0 Å². The highest BCUT2D eigenvalue weighted by molar-refractivity contribution is 6.92. The maximum absolute atomic E-state index is 2.46. The Labute approximate surface area is 68.8 Å². The van der Waals surface area contributed by atoms with Crippen LogP contribution in [-0.2, 0) is 0 Å². The Morgan fingerprint density at radius 2 is 1.50 bits per heavy atom. The summed E-state index contributed by atoms with van der Waals surface area (Å²) >= 11 is 0. The Morgan fingerprint density at radius 1 is 1.00 bits per heavy atom. The lowest BCUT2D eigenvalue weighted by Crippen LogP contribution is -2.23. The van der Waals surface area contributed by atoms with E-state index in [4.69, 9.17) is 0 Å². The molecule has 1 atom stereocenters. The summed E-state index contributed by atoms with van der Waals surface area (Å²) < 4.78 is 0. The Balaban J connectivity index is 0. The van der Waals surface area contributed by atoms with Crippen LogP contribution in [-0.4, -0.2) is 24.5 Å². The minimum absolute atomic E-state index is 0. The molecule has 1 nitrogen and oxygen atoms in total. The van der Waals surface area contributed by atoms with Crippen molar-refractivity contribution in [3.63, 3.8) is 0 Å². The van der Waals surface area contributed by atoms with Crippen LogP contribution in [0.25, 0.3) is 0 Å². The summed E-state index contributed by atoms with van der Waals surface area (Å²) in [6.45, 7) is 10.4. The second-order valence-corrected chi connectivity index (χ2v) is 2.38. The van der Waals surface area contributed by atoms with Crippen LogP contribution in [0.2, 0.25) is 0 Å². The van der Waals surface area contributed by atoms with Crippen LogP contribution in [0, 0.1) is 0 Å². The quantitative estimate of drug-likeness (QED) is 0.561. The number of rotatable bonds is 5. The highest BCUT2D eigenvalue weighted by atomic mass is 31.0. The van der Waals surface area contributed by atoms with Crippen molar-refractivity contribution in [1.29, 1.82) is 0 Å². The van der Waals surface area contributed by atoms with E-state index in [0.29, 0.717) is 0 Å². The third-order valence-electron chi connectivity index (χ3n) is 1.72. The van der Waals surface area contributed by atoms with Crippen LogP contribution in [0.5, 0.6) is 0 Å². The van der Waals surface area contributed by atoms with Gasteiger partial charge in [-0.05, 0) is 26.1 Å². The fourth-order valence-electron chi connectivity index (χ4n) is 0.922. The average Bonchev–Trinajstić information content (AvgIpc) is 1.91. The van der Waals surface area contributed by atoms with Gasteiger partial charge in [0.05, 0.1) is 0 Å². The lowest BCUT2D eigenvalue weighted by atomic mass is 10.3. The zero-order chi connectivity index (χ0) is 7.11. The summed E-state index contributed by atoms with van der Waals surface area (Å²) in [5, 5.41) is 0. The zero-order valence-electron chi connectivity index (χ0n) is 7.69. The molecule has 0 N–H and O–H groups in total. The van der Waals surface area contributed by atoms with Crippen LogP contribution in [0.4, 0.5) is 0 Å². The number of hydrogen-bond donors (Lipinski definition) is 0. The zero-order valence-corrected chi connectivity index (χ0v) is 9.10. The van der Waals surface area contributed by atoms with Gasteiger partial charge in [0, 0.05) is 0 Å². The maximum Gasteiger partial charge on any atom is -0.00191 e. The van der Waals surface area contributed by atoms with Gasteiger partial charge in [0.1, 0.15) is 0 Å². The van der Waals surface area contributed by atoms with Gasteiger partial charge >= 0.3 is 0 Å². The highest BCUT2D eigenvalue weighted by Gasteiger charge is 1.94. The summed E-state index contributed by atoms with van der Waals surface area (Å²) in [6, 6.07) is 0. The van der Waals surface area contributed by atoms with Crippen molar-refractivity contribution in [3.05, 3.63) is 0 Å². The molecule has 0 heterocycles. The molecule has 0 saturated heterocycles. The van der Waals surface area contributed by atoms with Crippen LogP contribution in [0.1, 0.15) is 33.6 Å². The maximum atomic E-state index is 2.46. The number of hydrogen-bond acceptors (Lipinski definition) is 1. The summed E-state index contributed by atoms with van der Waals surface area (Å²) in [6.07, 6.45) is 2.66. The molecule has 0 amide bonds. The standard InChI is InChI=1S/C8H19N.H3P/c1-4-7-8-9(5-2)6-3;/h4-8H2,1-3H3;1H3. The monoisotopic (exact) mass is 163 g/mol. The van der Waals surface area contributed by atoms with E-state index in [2.05, 4.69) is 25.7 Å². The lowest BCUT2D eigenvalue weighted by Gasteiger charge is -2.16. The number of nitrogens with zero attached hydrogens (tertiary/aromatic N) is 1. The summed E-state index contributed by atoms with van der Waals surface area (Å²) in [7, 11) is 0. The lowest BCUT2D eigenvalue weighted by molar-refractivity contribution is 0.299. The van der Waals surface area contributed by atoms with Crippen molar-refractivity contribution in [2.75, 3.05) is 19.6 Å². The first kappa shape index (κ1) is 13.0. The van der Waals surface area contributed by atoms with E-state index in [-0.39, 0.29) is 9.90 Å². The van der Waals surface area contributed by atoms with Gasteiger partial charge in [-0.15, -0.1) is 0 Å². The molecule has 0 radical (unpaired) electrons. The van der Waals surface area contributed by atoms with Crippen LogP contribution < -0.4 is 0 Å². The fourth-order valence-corrected chi connectivity index (χ4v) is 0.922. The van der Waals surface area contributed by atoms with Gasteiger partial charge in [-0.2, -0.15) is 9.90 Å². The molecule has 64 valence electrons. The summed E-state index contributed by atoms with van der Waals surface area (Å²) in [5.41, 5.74) is 0. The molecule has 0 fully saturated rings. The molecule has 0 bridgehead atoms. The van der Waals surface area contributed by atoms with E-state index >= 15 is 0 Å². The minimum Gasteiger partial charge on any atom is -0.304 e. The van der Waals surface area contributed by atoms with Gasteiger partial charge in [-0.25, -0.2) is 0 Å². The van der Waals surface area contributed by atoms with Crippen LogP contribution in [0.3, 0.4) is 0 Å². The topological polar surface area (TPSA) is 3.24 Å². The molecule has 0 aliphatic carbocycles. The fraction of sp³-hybridized carbons (Fsp3) is 1.00. The first-order valence-corrected chi connectivity index (χ1v) is 4.07. The van der Waals surface area contributed by atoms with Crippen molar-refractivity contribution >= 4 is 9.90 Å². The molecule has 0 aliphatic rings. The van der Waals surface area contributed by atoms with Gasteiger partial charge in [0.15, 0.2) is 0 Å². The second-order valence-electron chi connectivity index (χ2n) is 2.38. The van der Waals surface area contributed by atoms with Gasteiger partial charge in [0.25, 0.3) is 0 Å². The van der Waals surface area contributed by atoms with Gasteiger partial charge in [-0.1, -0.05) is 27.2 Å². The molecule has 10 heavy (non-hydrogen) atoms. The van der Waals surface area contributed by atoms with E-state index in [1.165, 1.54) is 32.5 Å². The second kappa shape index (κ2) is 9.39. The summed E-state index contributed by atoms with van der Waals surface area (Å²) in [4.78, 5) is 2.46. The highest BCUT2D eigenvalue weighted by Crippen LogP contribution is 1.92. The first-order valence-electron chi connectivity index (χ1n) is 4.07. The van der Waals surface area contributed by atoms with Crippen LogP contribution in [0.15, 0.2) is 0 Å². The normalized spacial score (nSPS) is 9.60. The average molecular weight is 163 g/mol. The first-order chi connectivity index (χ1) is 4.35. The molecule has 0 saturated carbocycles. The van der Waals surface area contributed by atoms with Gasteiger partial charge in [0.2, 0.25) is 0 Å². The third-order valence-corrected chi connectivity index (χ3v) is 1.72. The Hall–Kier alpha value is 0.390. The molecular formula is C8H22NP. The van der Waals surface area contributed by atoms with E-state index in [0.717, 1.165) is 0 Å². The molecule has 0 rings (SSSR count). The molecule has 0 aromatic heterocycles. The molecular weight excluding hydrogens is 141 g/mol. The third kappa shape index (κ3) is 6.51. The van der Waals surface area contributed by atoms with Crippen LogP contribution >= 0.6 is 9.90 Å². The van der Waals surface area contributed by atoms with Gasteiger partial charge in [-0.3, -0.25) is 0 Å². The van der Waals surface area contributed by atoms with Crippen molar-refractivity contribution < 1.29 is 0 Å². The van der Waals surface area contributed by atoms with Crippen molar-refractivity contribution in [1.82, 2.24) is 4.90 Å². The predicted octanol–water partition coefficient (Wildman–Crippen LogP) is 2.19. The minimum atomic E-state index is 0.